The van der Waals surface area contributed by atoms with E-state index in [2.05, 4.69) is 20.4 Å². The maximum atomic E-state index is 11.6. The van der Waals surface area contributed by atoms with Crippen molar-refractivity contribution in [3.63, 3.8) is 0 Å². The van der Waals surface area contributed by atoms with E-state index in [1.54, 1.807) is 11.3 Å². The Hall–Kier alpha value is -1.47. The largest absolute Gasteiger partial charge is 0.467 e. The Balaban J connectivity index is 2.64. The minimum Gasteiger partial charge on any atom is -0.467 e. The zero-order valence-electron chi connectivity index (χ0n) is 12.4. The molecule has 0 saturated heterocycles. The van der Waals surface area contributed by atoms with Gasteiger partial charge in [0.05, 0.1) is 17.8 Å². The molecule has 1 rings (SSSR count). The van der Waals surface area contributed by atoms with E-state index in [1.807, 2.05) is 20.8 Å². The van der Waals surface area contributed by atoms with Crippen LogP contribution in [0.1, 0.15) is 35.5 Å². The van der Waals surface area contributed by atoms with Gasteiger partial charge in [0.1, 0.15) is 6.04 Å². The molecule has 1 heterocycles. The van der Waals surface area contributed by atoms with Crippen LogP contribution in [0.5, 0.6) is 0 Å². The zero-order valence-corrected chi connectivity index (χ0v) is 13.3. The van der Waals surface area contributed by atoms with Crippen LogP contribution in [0.15, 0.2) is 0 Å². The maximum absolute atomic E-state index is 11.6. The number of amides is 1. The van der Waals surface area contributed by atoms with E-state index in [9.17, 15) is 9.59 Å². The highest BCUT2D eigenvalue weighted by Gasteiger charge is 2.21. The third-order valence-corrected chi connectivity index (χ3v) is 4.08. The van der Waals surface area contributed by atoms with Gasteiger partial charge in [0.25, 0.3) is 0 Å². The van der Waals surface area contributed by atoms with Crippen LogP contribution in [0, 0.1) is 13.8 Å². The number of hydrogen-bond donors (Lipinski definition) is 2. The van der Waals surface area contributed by atoms with Crippen molar-refractivity contribution in [2.45, 2.75) is 39.8 Å². The summed E-state index contributed by atoms with van der Waals surface area (Å²) >= 11 is 1.63. The molecule has 20 heavy (non-hydrogen) atoms. The van der Waals surface area contributed by atoms with E-state index in [-0.39, 0.29) is 11.9 Å². The van der Waals surface area contributed by atoms with Gasteiger partial charge in [0.2, 0.25) is 5.91 Å². The van der Waals surface area contributed by atoms with E-state index in [4.69, 9.17) is 0 Å². The second-order valence-corrected chi connectivity index (χ2v) is 5.82. The lowest BCUT2D eigenvalue weighted by Gasteiger charge is -2.19. The Bertz CT molecular complexity index is 487. The van der Waals surface area contributed by atoms with Gasteiger partial charge in [-0.15, -0.1) is 11.3 Å². The van der Waals surface area contributed by atoms with Gasteiger partial charge in [-0.25, -0.2) is 9.78 Å². The van der Waals surface area contributed by atoms with Crippen molar-refractivity contribution >= 4 is 23.2 Å². The molecule has 0 saturated carbocycles. The first-order chi connectivity index (χ1) is 9.35. The van der Waals surface area contributed by atoms with E-state index in [1.165, 1.54) is 14.0 Å². The summed E-state index contributed by atoms with van der Waals surface area (Å²) in [6.07, 6.45) is 0. The lowest BCUT2D eigenvalue weighted by Crippen LogP contribution is -2.47. The first-order valence-corrected chi connectivity index (χ1v) is 7.19. The molecule has 0 radical (unpaired) electrons. The molecule has 0 fully saturated rings. The Morgan fingerprint density at radius 2 is 2.05 bits per heavy atom. The highest BCUT2D eigenvalue weighted by Crippen LogP contribution is 2.24. The summed E-state index contributed by atoms with van der Waals surface area (Å²) in [6.45, 7) is 7.60. The number of carbonyl (C=O) groups excluding carboxylic acids is 2. The van der Waals surface area contributed by atoms with Crippen molar-refractivity contribution in [3.05, 3.63) is 15.6 Å². The molecule has 6 nitrogen and oxygen atoms in total. The summed E-state index contributed by atoms with van der Waals surface area (Å²) in [5.74, 6) is -0.725. The molecular weight excluding hydrogens is 278 g/mol. The Kier molecular flexibility index (Phi) is 6.09. The smallest absolute Gasteiger partial charge is 0.329 e. The third kappa shape index (κ3) is 4.57. The van der Waals surface area contributed by atoms with Crippen LogP contribution in [0.3, 0.4) is 0 Å². The van der Waals surface area contributed by atoms with Crippen LogP contribution in [-0.4, -0.2) is 36.6 Å². The average molecular weight is 299 g/mol. The quantitative estimate of drug-likeness (QED) is 0.769. The number of hydrogen-bond acceptors (Lipinski definition) is 6. The van der Waals surface area contributed by atoms with Crippen molar-refractivity contribution in [1.82, 2.24) is 15.6 Å². The molecule has 0 aromatic carbocycles. The molecule has 0 aliphatic rings. The standard InChI is InChI=1S/C13H21N3O3S/c1-7(12-8(2)15-10(4)20-12)14-6-11(13(18)19-5)16-9(3)17/h7,11,14H,6H2,1-5H3,(H,16,17). The molecule has 0 spiro atoms. The summed E-state index contributed by atoms with van der Waals surface area (Å²) in [6, 6.07) is -0.628. The molecule has 2 atom stereocenters. The number of carbonyl (C=O) groups is 2. The van der Waals surface area contributed by atoms with Crippen molar-refractivity contribution in [2.24, 2.45) is 0 Å². The second-order valence-electron chi connectivity index (χ2n) is 4.59. The van der Waals surface area contributed by atoms with Crippen LogP contribution in [0.2, 0.25) is 0 Å². The van der Waals surface area contributed by atoms with Crippen LogP contribution < -0.4 is 10.6 Å². The third-order valence-electron chi connectivity index (χ3n) is 2.82. The van der Waals surface area contributed by atoms with Gasteiger partial charge >= 0.3 is 5.97 Å². The Morgan fingerprint density at radius 1 is 1.40 bits per heavy atom. The number of esters is 1. The fourth-order valence-corrected chi connectivity index (χ4v) is 2.87. The number of methoxy groups -OCH3 is 1. The summed E-state index contributed by atoms with van der Waals surface area (Å²) in [5, 5.41) is 6.81. The molecular formula is C13H21N3O3S. The minimum absolute atomic E-state index is 0.0575. The van der Waals surface area contributed by atoms with Gasteiger partial charge < -0.3 is 15.4 Å². The van der Waals surface area contributed by atoms with Gasteiger partial charge in [-0.05, 0) is 20.8 Å². The van der Waals surface area contributed by atoms with E-state index >= 15 is 0 Å². The molecule has 0 bridgehead atoms. The minimum atomic E-state index is -0.686. The number of thiazole rings is 1. The van der Waals surface area contributed by atoms with Gasteiger partial charge in [-0.2, -0.15) is 0 Å². The zero-order chi connectivity index (χ0) is 15.3. The predicted molar refractivity (Wildman–Crippen MR) is 77.6 cm³/mol. The monoisotopic (exact) mass is 299 g/mol. The van der Waals surface area contributed by atoms with Gasteiger partial charge in [-0.1, -0.05) is 0 Å². The lowest BCUT2D eigenvalue weighted by atomic mass is 10.2. The maximum Gasteiger partial charge on any atom is 0.329 e. The van der Waals surface area contributed by atoms with E-state index in [0.29, 0.717) is 6.54 Å². The number of nitrogens with zero attached hydrogens (tertiary/aromatic N) is 1. The molecule has 1 aromatic rings. The highest BCUT2D eigenvalue weighted by atomic mass is 32.1. The summed E-state index contributed by atoms with van der Waals surface area (Å²) < 4.78 is 4.68. The highest BCUT2D eigenvalue weighted by molar-refractivity contribution is 7.11. The van der Waals surface area contributed by atoms with Crippen LogP contribution in [-0.2, 0) is 14.3 Å². The van der Waals surface area contributed by atoms with Crippen molar-refractivity contribution in [1.29, 1.82) is 0 Å². The fraction of sp³-hybridized carbons (Fsp3) is 0.615. The molecule has 2 N–H and O–H groups in total. The fourth-order valence-electron chi connectivity index (χ4n) is 1.92. The van der Waals surface area contributed by atoms with Crippen molar-refractivity contribution in [3.8, 4) is 0 Å². The molecule has 7 heteroatoms. The number of ether oxygens (including phenoxy) is 1. The molecule has 112 valence electrons. The first-order valence-electron chi connectivity index (χ1n) is 6.37. The topological polar surface area (TPSA) is 80.3 Å². The molecule has 0 aliphatic heterocycles. The number of nitrogens with one attached hydrogen (secondary N) is 2. The average Bonchev–Trinajstić information content (AvgIpc) is 2.71. The van der Waals surface area contributed by atoms with Crippen molar-refractivity contribution < 1.29 is 14.3 Å². The van der Waals surface area contributed by atoms with Crippen molar-refractivity contribution in [2.75, 3.05) is 13.7 Å². The molecule has 1 aromatic heterocycles. The van der Waals surface area contributed by atoms with Gasteiger partial charge in [-0.3, -0.25) is 4.79 Å². The van der Waals surface area contributed by atoms with Gasteiger partial charge in [0, 0.05) is 24.4 Å². The number of aryl methyl sites for hydroxylation is 2. The summed E-state index contributed by atoms with van der Waals surface area (Å²) in [4.78, 5) is 28.2. The normalized spacial score (nSPS) is 13.7. The SMILES string of the molecule is COC(=O)C(CNC(C)c1sc(C)nc1C)NC(C)=O. The second kappa shape index (κ2) is 7.35. The first kappa shape index (κ1) is 16.6. The molecule has 1 amide bonds. The van der Waals surface area contributed by atoms with Gasteiger partial charge in [0.15, 0.2) is 0 Å². The van der Waals surface area contributed by atoms with Crippen LogP contribution >= 0.6 is 11.3 Å². The predicted octanol–water partition coefficient (Wildman–Crippen LogP) is 1.09. The molecule has 2 unspecified atom stereocenters. The Labute approximate surface area is 122 Å². The van der Waals surface area contributed by atoms with Crippen LogP contribution in [0.25, 0.3) is 0 Å². The number of rotatable bonds is 6. The van der Waals surface area contributed by atoms with E-state index in [0.717, 1.165) is 15.6 Å². The van der Waals surface area contributed by atoms with Crippen LogP contribution in [0.4, 0.5) is 0 Å². The number of aromatic nitrogens is 1. The summed E-state index contributed by atoms with van der Waals surface area (Å²) in [7, 11) is 1.30. The summed E-state index contributed by atoms with van der Waals surface area (Å²) in [5.41, 5.74) is 0.988. The molecule has 0 aliphatic carbocycles. The Morgan fingerprint density at radius 3 is 2.50 bits per heavy atom. The van der Waals surface area contributed by atoms with E-state index < -0.39 is 12.0 Å². The lowest BCUT2D eigenvalue weighted by molar-refractivity contribution is -0.144.